The highest BCUT2D eigenvalue weighted by Gasteiger charge is 2.30. The van der Waals surface area contributed by atoms with Crippen LogP contribution in [0, 0.1) is 23.7 Å². The first-order chi connectivity index (χ1) is 46.1. The van der Waals surface area contributed by atoms with Gasteiger partial charge in [-0.2, -0.15) is 0 Å². The molecule has 0 rings (SSSR count). The number of hydrogen-bond donors (Lipinski definition) is 3. The lowest BCUT2D eigenvalue weighted by Gasteiger charge is -2.21. The third kappa shape index (κ3) is 70.5. The summed E-state index contributed by atoms with van der Waals surface area (Å²) in [4.78, 5) is 72.9. The van der Waals surface area contributed by atoms with Crippen molar-refractivity contribution in [1.29, 1.82) is 0 Å². The quantitative estimate of drug-likeness (QED) is 0.0222. The fourth-order valence-electron chi connectivity index (χ4n) is 11.7. The van der Waals surface area contributed by atoms with E-state index in [1.165, 1.54) is 193 Å². The molecule has 0 fully saturated rings. The second-order valence-corrected chi connectivity index (χ2v) is 32.6. The summed E-state index contributed by atoms with van der Waals surface area (Å²) in [5.74, 6) is 0.941. The molecule has 19 heteroatoms. The number of rotatable bonds is 74. The Labute approximate surface area is 588 Å². The van der Waals surface area contributed by atoms with Gasteiger partial charge in [0.1, 0.15) is 19.3 Å². The molecule has 0 aromatic carbocycles. The predicted octanol–water partition coefficient (Wildman–Crippen LogP) is 22.4. The monoisotopic (exact) mass is 1410 g/mol. The van der Waals surface area contributed by atoms with Crippen LogP contribution in [0.5, 0.6) is 0 Å². The fraction of sp³-hybridized carbons (Fsp3) is 0.948. The van der Waals surface area contributed by atoms with Crippen molar-refractivity contribution in [1.82, 2.24) is 0 Å². The number of esters is 4. The first-order valence-electron chi connectivity index (χ1n) is 39.7. The maximum absolute atomic E-state index is 13.1. The van der Waals surface area contributed by atoms with Crippen molar-refractivity contribution in [2.75, 3.05) is 39.6 Å². The van der Waals surface area contributed by atoms with Crippen LogP contribution in [0.2, 0.25) is 0 Å². The highest BCUT2D eigenvalue weighted by molar-refractivity contribution is 7.47. The smallest absolute Gasteiger partial charge is 0.462 e. The average Bonchev–Trinajstić information content (AvgIpc) is 1.07. The van der Waals surface area contributed by atoms with Crippen molar-refractivity contribution in [2.24, 2.45) is 23.7 Å². The van der Waals surface area contributed by atoms with E-state index in [1.807, 2.05) is 0 Å². The molecule has 0 spiro atoms. The maximum Gasteiger partial charge on any atom is 0.472 e. The molecule has 0 aromatic rings. The van der Waals surface area contributed by atoms with E-state index in [1.54, 1.807) is 0 Å². The van der Waals surface area contributed by atoms with Gasteiger partial charge in [-0.3, -0.25) is 37.3 Å². The summed E-state index contributed by atoms with van der Waals surface area (Å²) in [6.45, 7) is 14.2. The van der Waals surface area contributed by atoms with Gasteiger partial charge in [-0.25, -0.2) is 9.13 Å². The maximum atomic E-state index is 13.1. The van der Waals surface area contributed by atoms with Crippen LogP contribution in [0.1, 0.15) is 389 Å². The van der Waals surface area contributed by atoms with E-state index in [4.69, 9.17) is 37.0 Å². The standard InChI is InChI=1S/C77H150O17P2/c1-67(2)53-45-37-29-21-15-10-9-11-19-25-35-43-51-59-76(81)93-72(63-87-74(79)57-49-41-33-24-18-13-12-16-22-30-38-46-54-68(3)4)65-91-95(83,84)89-61-71(78)62-90-96(85,86)92-66-73(64-88-75(80)58-50-42-34-28-27-32-40-48-56-70(7)8)94-77(82)60-52-44-36-26-20-14-17-23-31-39-47-55-69(5)6/h67-73,78H,9-66H2,1-8H3,(H,83,84)(H,85,86)/t71-,72-,73-/m1/s1. The third-order valence-electron chi connectivity index (χ3n) is 17.8. The Morgan fingerprint density at radius 2 is 0.438 bits per heavy atom. The zero-order valence-electron chi connectivity index (χ0n) is 63.0. The zero-order valence-corrected chi connectivity index (χ0v) is 64.8. The van der Waals surface area contributed by atoms with Gasteiger partial charge in [0.05, 0.1) is 26.4 Å². The molecule has 5 atom stereocenters. The van der Waals surface area contributed by atoms with Gasteiger partial charge in [0.15, 0.2) is 12.2 Å². The molecule has 96 heavy (non-hydrogen) atoms. The summed E-state index contributed by atoms with van der Waals surface area (Å²) >= 11 is 0. The van der Waals surface area contributed by atoms with Gasteiger partial charge in [0, 0.05) is 25.7 Å². The van der Waals surface area contributed by atoms with Gasteiger partial charge in [0.2, 0.25) is 0 Å². The van der Waals surface area contributed by atoms with E-state index in [9.17, 15) is 43.2 Å². The molecule has 0 aromatic heterocycles. The van der Waals surface area contributed by atoms with Gasteiger partial charge in [-0.15, -0.1) is 0 Å². The number of aliphatic hydroxyl groups excluding tert-OH is 1. The Hall–Kier alpha value is -1.94. The predicted molar refractivity (Wildman–Crippen MR) is 391 cm³/mol. The molecule has 0 aliphatic carbocycles. The molecule has 0 saturated heterocycles. The lowest BCUT2D eigenvalue weighted by Crippen LogP contribution is -2.30. The molecule has 17 nitrogen and oxygen atoms in total. The average molecular weight is 1410 g/mol. The number of phosphoric ester groups is 2. The van der Waals surface area contributed by atoms with Crippen LogP contribution in [-0.2, 0) is 65.4 Å². The second kappa shape index (κ2) is 66.3. The summed E-state index contributed by atoms with van der Waals surface area (Å²) in [7, 11) is -9.92. The minimum atomic E-state index is -4.96. The van der Waals surface area contributed by atoms with Crippen LogP contribution in [-0.4, -0.2) is 96.7 Å². The highest BCUT2D eigenvalue weighted by Crippen LogP contribution is 2.45. The summed E-state index contributed by atoms with van der Waals surface area (Å²) < 4.78 is 68.6. The first-order valence-corrected chi connectivity index (χ1v) is 42.7. The minimum absolute atomic E-state index is 0.106. The highest BCUT2D eigenvalue weighted by atomic mass is 31.2. The van der Waals surface area contributed by atoms with Crippen molar-refractivity contribution in [3.05, 3.63) is 0 Å². The Kier molecular flexibility index (Phi) is 65.0. The number of carbonyl (C=O) groups is 4. The van der Waals surface area contributed by atoms with Crippen LogP contribution < -0.4 is 0 Å². The summed E-state index contributed by atoms with van der Waals surface area (Å²) in [6, 6.07) is 0. The van der Waals surface area contributed by atoms with Gasteiger partial charge in [0.25, 0.3) is 0 Å². The van der Waals surface area contributed by atoms with Crippen LogP contribution in [0.15, 0.2) is 0 Å². The second-order valence-electron chi connectivity index (χ2n) is 29.7. The molecule has 2 unspecified atom stereocenters. The summed E-state index contributed by atoms with van der Waals surface area (Å²) in [6.07, 6.45) is 51.3. The van der Waals surface area contributed by atoms with Crippen LogP contribution in [0.4, 0.5) is 0 Å². The van der Waals surface area contributed by atoms with E-state index >= 15 is 0 Å². The van der Waals surface area contributed by atoms with Gasteiger partial charge < -0.3 is 33.8 Å². The number of aliphatic hydroxyl groups is 1. The fourth-order valence-corrected chi connectivity index (χ4v) is 13.3. The molecule has 3 N–H and O–H groups in total. The summed E-state index contributed by atoms with van der Waals surface area (Å²) in [5, 5.41) is 10.6. The number of unbranched alkanes of at least 4 members (excludes halogenated alkanes) is 40. The van der Waals surface area contributed by atoms with Gasteiger partial charge in [-0.05, 0) is 49.4 Å². The lowest BCUT2D eigenvalue weighted by molar-refractivity contribution is -0.161. The molecular formula is C77H150O17P2. The SMILES string of the molecule is CC(C)CCCCCCCCCCCCCCCC(=O)O[C@H](COC(=O)CCCCCCCCCCCCCCC(C)C)COP(=O)(O)OC[C@@H](O)COP(=O)(O)OC[C@@H](COC(=O)CCCCCCCCCCC(C)C)OC(=O)CCCCCCCCCCCCCC(C)C. The van der Waals surface area contributed by atoms with Crippen molar-refractivity contribution in [2.45, 2.75) is 408 Å². The molecule has 0 radical (unpaired) electrons. The Morgan fingerprint density at radius 3 is 0.646 bits per heavy atom. The molecule has 0 aliphatic rings. The Balaban J connectivity index is 5.27. The first kappa shape index (κ1) is 94.1. The third-order valence-corrected chi connectivity index (χ3v) is 19.7. The number of carbonyl (C=O) groups excluding carboxylic acids is 4. The molecule has 0 aliphatic heterocycles. The molecule has 0 bridgehead atoms. The number of hydrogen-bond acceptors (Lipinski definition) is 15. The van der Waals surface area contributed by atoms with Crippen molar-refractivity contribution in [3.8, 4) is 0 Å². The largest absolute Gasteiger partial charge is 0.472 e. The van der Waals surface area contributed by atoms with Crippen molar-refractivity contribution >= 4 is 39.5 Å². The molecule has 0 amide bonds. The zero-order chi connectivity index (χ0) is 71.0. The van der Waals surface area contributed by atoms with Crippen LogP contribution in [0.3, 0.4) is 0 Å². The van der Waals surface area contributed by atoms with Crippen molar-refractivity contribution in [3.63, 3.8) is 0 Å². The van der Waals surface area contributed by atoms with E-state index in [-0.39, 0.29) is 25.7 Å². The van der Waals surface area contributed by atoms with Gasteiger partial charge >= 0.3 is 39.5 Å². The van der Waals surface area contributed by atoms with E-state index in [2.05, 4.69) is 55.4 Å². The molecule has 0 saturated carbocycles. The number of ether oxygens (including phenoxy) is 4. The Morgan fingerprint density at radius 1 is 0.260 bits per heavy atom. The minimum Gasteiger partial charge on any atom is -0.462 e. The summed E-state index contributed by atoms with van der Waals surface area (Å²) in [5.41, 5.74) is 0. The van der Waals surface area contributed by atoms with Gasteiger partial charge in [-0.1, -0.05) is 338 Å². The van der Waals surface area contributed by atoms with Crippen LogP contribution in [0.25, 0.3) is 0 Å². The normalized spacial score (nSPS) is 14.1. The number of phosphoric acid groups is 2. The molecule has 570 valence electrons. The van der Waals surface area contributed by atoms with Crippen LogP contribution >= 0.6 is 15.6 Å². The van der Waals surface area contributed by atoms with Crippen molar-refractivity contribution < 1.29 is 80.2 Å². The lowest BCUT2D eigenvalue weighted by atomic mass is 10.0. The molecule has 0 heterocycles. The molecular weight excluding hydrogens is 1260 g/mol. The topological polar surface area (TPSA) is 237 Å². The van der Waals surface area contributed by atoms with E-state index < -0.39 is 97.5 Å². The Bertz CT molecular complexity index is 1880. The van der Waals surface area contributed by atoms with E-state index in [0.29, 0.717) is 25.7 Å². The van der Waals surface area contributed by atoms with E-state index in [0.717, 1.165) is 114 Å².